The Labute approximate surface area is 112 Å². The molecule has 4 heteroatoms. The highest BCUT2D eigenvalue weighted by atomic mass is 32.2. The van der Waals surface area contributed by atoms with Crippen molar-refractivity contribution < 1.29 is 14.6 Å². The van der Waals surface area contributed by atoms with Crippen LogP contribution in [0.1, 0.15) is 41.6 Å². The molecule has 0 heterocycles. The van der Waals surface area contributed by atoms with E-state index in [4.69, 9.17) is 9.84 Å². The number of ether oxygens (including phenoxy) is 1. The van der Waals surface area contributed by atoms with Gasteiger partial charge in [0.1, 0.15) is 11.3 Å². The van der Waals surface area contributed by atoms with E-state index >= 15 is 0 Å². The van der Waals surface area contributed by atoms with E-state index in [1.165, 1.54) is 32.8 Å². The first-order valence-corrected chi connectivity index (χ1v) is 7.27. The van der Waals surface area contributed by atoms with Gasteiger partial charge in [0.15, 0.2) is 0 Å². The van der Waals surface area contributed by atoms with Gasteiger partial charge in [-0.05, 0) is 30.5 Å². The fraction of sp³-hybridized carbons (Fsp3) is 0.500. The molecule has 1 N–H and O–H groups in total. The van der Waals surface area contributed by atoms with E-state index in [1.54, 1.807) is 6.07 Å². The molecule has 0 radical (unpaired) electrons. The van der Waals surface area contributed by atoms with Crippen LogP contribution in [0, 0.1) is 0 Å². The van der Waals surface area contributed by atoms with Crippen molar-refractivity contribution in [2.75, 3.05) is 7.11 Å². The minimum absolute atomic E-state index is 0.229. The largest absolute Gasteiger partial charge is 0.496 e. The second kappa shape index (κ2) is 6.14. The zero-order chi connectivity index (χ0) is 13.0. The van der Waals surface area contributed by atoms with Gasteiger partial charge in [-0.1, -0.05) is 18.9 Å². The second-order valence-electron chi connectivity index (χ2n) is 4.56. The highest BCUT2D eigenvalue weighted by molar-refractivity contribution is 7.99. The van der Waals surface area contributed by atoms with Crippen LogP contribution in [0.4, 0.5) is 0 Å². The van der Waals surface area contributed by atoms with E-state index in [0.29, 0.717) is 5.75 Å². The second-order valence-corrected chi connectivity index (χ2v) is 5.85. The van der Waals surface area contributed by atoms with Gasteiger partial charge < -0.3 is 9.84 Å². The first-order valence-electron chi connectivity index (χ1n) is 6.22. The zero-order valence-electron chi connectivity index (χ0n) is 10.5. The van der Waals surface area contributed by atoms with E-state index in [2.05, 4.69) is 0 Å². The van der Waals surface area contributed by atoms with Crippen molar-refractivity contribution in [2.24, 2.45) is 0 Å². The Bertz CT molecular complexity index is 425. The third-order valence-electron chi connectivity index (χ3n) is 3.28. The Morgan fingerprint density at radius 3 is 2.78 bits per heavy atom. The van der Waals surface area contributed by atoms with Crippen LogP contribution in [0.25, 0.3) is 0 Å². The standard InChI is InChI=1S/C14H18O3S/c1-17-13-8-10(6-7-12(13)14(15)16)9-18-11-4-2-3-5-11/h6-8,11H,2-5,9H2,1H3,(H,15,16). The van der Waals surface area contributed by atoms with Crippen LogP contribution in [0.5, 0.6) is 5.75 Å². The summed E-state index contributed by atoms with van der Waals surface area (Å²) in [6.07, 6.45) is 5.32. The number of carboxylic acids is 1. The molecule has 1 aromatic carbocycles. The third-order valence-corrected chi connectivity index (χ3v) is 4.73. The lowest BCUT2D eigenvalue weighted by Gasteiger charge is -2.10. The SMILES string of the molecule is COc1cc(CSC2CCCC2)ccc1C(=O)O. The van der Waals surface area contributed by atoms with E-state index < -0.39 is 5.97 Å². The molecule has 0 aliphatic heterocycles. The fourth-order valence-electron chi connectivity index (χ4n) is 2.27. The Morgan fingerprint density at radius 1 is 1.44 bits per heavy atom. The molecule has 3 nitrogen and oxygen atoms in total. The number of benzene rings is 1. The molecule has 0 bridgehead atoms. The molecular weight excluding hydrogens is 248 g/mol. The van der Waals surface area contributed by atoms with E-state index in [-0.39, 0.29) is 5.56 Å². The number of hydrogen-bond acceptors (Lipinski definition) is 3. The topological polar surface area (TPSA) is 46.5 Å². The molecule has 0 aromatic heterocycles. The monoisotopic (exact) mass is 266 g/mol. The summed E-state index contributed by atoms with van der Waals surface area (Å²) in [5.41, 5.74) is 1.36. The number of thioether (sulfide) groups is 1. The number of aromatic carboxylic acids is 1. The van der Waals surface area contributed by atoms with E-state index in [1.807, 2.05) is 23.9 Å². The lowest BCUT2D eigenvalue weighted by atomic mass is 10.1. The van der Waals surface area contributed by atoms with Crippen LogP contribution >= 0.6 is 11.8 Å². The van der Waals surface area contributed by atoms with Gasteiger partial charge in [-0.15, -0.1) is 0 Å². The van der Waals surface area contributed by atoms with Crippen LogP contribution < -0.4 is 4.74 Å². The number of rotatable bonds is 5. The Balaban J connectivity index is 2.02. The summed E-state index contributed by atoms with van der Waals surface area (Å²) < 4.78 is 5.13. The first-order chi connectivity index (χ1) is 8.70. The molecule has 98 valence electrons. The maximum atomic E-state index is 11.0. The van der Waals surface area contributed by atoms with Crippen LogP contribution in [0.15, 0.2) is 18.2 Å². The maximum Gasteiger partial charge on any atom is 0.339 e. The highest BCUT2D eigenvalue weighted by Crippen LogP contribution is 2.32. The van der Waals surface area contributed by atoms with E-state index in [9.17, 15) is 4.79 Å². The van der Waals surface area contributed by atoms with Crippen molar-refractivity contribution in [1.29, 1.82) is 0 Å². The molecule has 1 aromatic rings. The quantitative estimate of drug-likeness (QED) is 0.885. The van der Waals surface area contributed by atoms with Gasteiger partial charge in [0, 0.05) is 11.0 Å². The molecule has 1 aliphatic carbocycles. The van der Waals surface area contributed by atoms with Crippen molar-refractivity contribution in [3.63, 3.8) is 0 Å². The molecule has 0 amide bonds. The van der Waals surface area contributed by atoms with Crippen molar-refractivity contribution >= 4 is 17.7 Å². The minimum Gasteiger partial charge on any atom is -0.496 e. The van der Waals surface area contributed by atoms with Crippen molar-refractivity contribution in [2.45, 2.75) is 36.7 Å². The zero-order valence-corrected chi connectivity index (χ0v) is 11.3. The smallest absolute Gasteiger partial charge is 0.339 e. The van der Waals surface area contributed by atoms with E-state index in [0.717, 1.165) is 16.6 Å². The van der Waals surface area contributed by atoms with Gasteiger partial charge >= 0.3 is 5.97 Å². The maximum absolute atomic E-state index is 11.0. The van der Waals surface area contributed by atoms with Crippen molar-refractivity contribution in [3.05, 3.63) is 29.3 Å². The normalized spacial score (nSPS) is 15.8. The van der Waals surface area contributed by atoms with Crippen LogP contribution in [0.3, 0.4) is 0 Å². The van der Waals surface area contributed by atoms with Gasteiger partial charge in [-0.25, -0.2) is 4.79 Å². The summed E-state index contributed by atoms with van der Waals surface area (Å²) in [7, 11) is 1.51. The Kier molecular flexibility index (Phi) is 4.53. The summed E-state index contributed by atoms with van der Waals surface area (Å²) in [5.74, 6) is 0.440. The molecule has 0 spiro atoms. The lowest BCUT2D eigenvalue weighted by Crippen LogP contribution is -2.01. The molecule has 0 unspecified atom stereocenters. The molecule has 1 aliphatic rings. The summed E-state index contributed by atoms with van der Waals surface area (Å²) in [5, 5.41) is 9.78. The molecule has 0 atom stereocenters. The number of hydrogen-bond donors (Lipinski definition) is 1. The van der Waals surface area contributed by atoms with Crippen LogP contribution in [-0.4, -0.2) is 23.4 Å². The van der Waals surface area contributed by atoms with Gasteiger partial charge in [0.2, 0.25) is 0 Å². The molecule has 1 saturated carbocycles. The van der Waals surface area contributed by atoms with Gasteiger partial charge in [-0.3, -0.25) is 0 Å². The third kappa shape index (κ3) is 3.19. The highest BCUT2D eigenvalue weighted by Gasteiger charge is 2.16. The minimum atomic E-state index is -0.943. The fourth-order valence-corrected chi connectivity index (χ4v) is 3.55. The molecule has 2 rings (SSSR count). The average molecular weight is 266 g/mol. The van der Waals surface area contributed by atoms with Crippen molar-refractivity contribution in [3.8, 4) is 5.75 Å². The van der Waals surface area contributed by atoms with Crippen LogP contribution in [-0.2, 0) is 5.75 Å². The summed E-state index contributed by atoms with van der Waals surface area (Å²) in [4.78, 5) is 11.0. The van der Waals surface area contributed by atoms with Crippen LogP contribution in [0.2, 0.25) is 0 Å². The predicted molar refractivity (Wildman–Crippen MR) is 73.5 cm³/mol. The van der Waals surface area contributed by atoms with Crippen molar-refractivity contribution in [1.82, 2.24) is 0 Å². The molecule has 18 heavy (non-hydrogen) atoms. The van der Waals surface area contributed by atoms with Gasteiger partial charge in [0.25, 0.3) is 0 Å². The summed E-state index contributed by atoms with van der Waals surface area (Å²) >= 11 is 1.97. The number of carboxylic acid groups (broad SMARTS) is 1. The first kappa shape index (κ1) is 13.3. The lowest BCUT2D eigenvalue weighted by molar-refractivity contribution is 0.0693. The summed E-state index contributed by atoms with van der Waals surface area (Å²) in [6.45, 7) is 0. The van der Waals surface area contributed by atoms with Gasteiger partial charge in [0.05, 0.1) is 7.11 Å². The summed E-state index contributed by atoms with van der Waals surface area (Å²) in [6, 6.07) is 5.35. The molecule has 1 fully saturated rings. The van der Waals surface area contributed by atoms with Gasteiger partial charge in [-0.2, -0.15) is 11.8 Å². The number of carbonyl (C=O) groups is 1. The Morgan fingerprint density at radius 2 is 2.17 bits per heavy atom. The Hall–Kier alpha value is -1.16. The average Bonchev–Trinajstić information content (AvgIpc) is 2.88. The number of methoxy groups -OCH3 is 1. The molecular formula is C14H18O3S. The molecule has 0 saturated heterocycles. The predicted octanol–water partition coefficient (Wildman–Crippen LogP) is 3.57.